The van der Waals surface area contributed by atoms with E-state index in [9.17, 15) is 0 Å². The highest BCUT2D eigenvalue weighted by molar-refractivity contribution is 5.19. The Bertz CT molecular complexity index is 661. The molecule has 1 unspecified atom stereocenters. The molecule has 0 N–H and O–H groups in total. The Morgan fingerprint density at radius 3 is 1.93 bits per heavy atom. The zero-order valence-electron chi connectivity index (χ0n) is 18.1. The van der Waals surface area contributed by atoms with Crippen molar-refractivity contribution in [3.8, 4) is 0 Å². The van der Waals surface area contributed by atoms with E-state index in [1.165, 1.54) is 41.5 Å². The molecule has 1 aromatic rings. The molecule has 0 aromatic heterocycles. The summed E-state index contributed by atoms with van der Waals surface area (Å²) in [4.78, 5) is 0. The zero-order valence-corrected chi connectivity index (χ0v) is 18.1. The predicted octanol–water partition coefficient (Wildman–Crippen LogP) is 7.59. The summed E-state index contributed by atoms with van der Waals surface area (Å²) in [6.07, 6.45) is 15.7. The summed E-state index contributed by atoms with van der Waals surface area (Å²) in [6.45, 7) is 11.2. The van der Waals surface area contributed by atoms with Crippen LogP contribution in [0.3, 0.4) is 0 Å². The molecule has 2 rings (SSSR count). The number of allylic oxidation sites excluding steroid dienone is 6. The number of epoxide rings is 1. The van der Waals surface area contributed by atoms with Gasteiger partial charge in [0, 0.05) is 0 Å². The van der Waals surface area contributed by atoms with Crippen LogP contribution in [0.25, 0.3) is 0 Å². The molecule has 1 nitrogen and oxygen atoms in total. The van der Waals surface area contributed by atoms with Gasteiger partial charge in [0.2, 0.25) is 0 Å². The summed E-state index contributed by atoms with van der Waals surface area (Å²) in [7, 11) is 0. The van der Waals surface area contributed by atoms with Crippen LogP contribution in [0.1, 0.15) is 78.7 Å². The number of hydrogen-bond donors (Lipinski definition) is 0. The SMILES string of the molecule is C/C(=C\CC/C(C)=C/Cc1ccccc1)CC/C=C(\C)CCC1OC1(C)C. The van der Waals surface area contributed by atoms with E-state index >= 15 is 0 Å². The number of ether oxygens (including phenoxy) is 1. The van der Waals surface area contributed by atoms with Gasteiger partial charge in [0.25, 0.3) is 0 Å². The Morgan fingerprint density at radius 2 is 1.37 bits per heavy atom. The summed E-state index contributed by atoms with van der Waals surface area (Å²) >= 11 is 0. The van der Waals surface area contributed by atoms with Crippen LogP contribution in [0.15, 0.2) is 65.3 Å². The smallest absolute Gasteiger partial charge is 0.0892 e. The fourth-order valence-corrected chi connectivity index (χ4v) is 3.40. The topological polar surface area (TPSA) is 12.5 Å². The molecular weight excluding hydrogens is 328 g/mol. The molecule has 0 aliphatic carbocycles. The largest absolute Gasteiger partial charge is 0.367 e. The maximum absolute atomic E-state index is 5.66. The van der Waals surface area contributed by atoms with Crippen molar-refractivity contribution in [1.29, 1.82) is 0 Å². The molecule has 1 fully saturated rings. The van der Waals surface area contributed by atoms with Crippen molar-refractivity contribution in [2.45, 2.75) is 91.3 Å². The van der Waals surface area contributed by atoms with Crippen LogP contribution < -0.4 is 0 Å². The van der Waals surface area contributed by atoms with Crippen molar-refractivity contribution in [3.05, 3.63) is 70.8 Å². The monoisotopic (exact) mass is 366 g/mol. The molecule has 0 saturated carbocycles. The van der Waals surface area contributed by atoms with Crippen molar-refractivity contribution in [3.63, 3.8) is 0 Å². The van der Waals surface area contributed by atoms with E-state index in [1.807, 2.05) is 0 Å². The van der Waals surface area contributed by atoms with Gasteiger partial charge >= 0.3 is 0 Å². The third kappa shape index (κ3) is 8.75. The van der Waals surface area contributed by atoms with Crippen molar-refractivity contribution in [2.24, 2.45) is 0 Å². The van der Waals surface area contributed by atoms with Crippen LogP contribution in [0.4, 0.5) is 0 Å². The Labute approximate surface area is 167 Å². The van der Waals surface area contributed by atoms with Crippen LogP contribution in [0.2, 0.25) is 0 Å². The minimum Gasteiger partial charge on any atom is -0.367 e. The van der Waals surface area contributed by atoms with Crippen LogP contribution in [0.5, 0.6) is 0 Å². The van der Waals surface area contributed by atoms with Crippen molar-refractivity contribution in [1.82, 2.24) is 0 Å². The van der Waals surface area contributed by atoms with Crippen molar-refractivity contribution >= 4 is 0 Å². The zero-order chi connectivity index (χ0) is 19.7. The summed E-state index contributed by atoms with van der Waals surface area (Å²) in [5, 5.41) is 0. The molecule has 1 heterocycles. The quantitative estimate of drug-likeness (QED) is 0.290. The third-order valence-corrected chi connectivity index (χ3v) is 5.56. The average Bonchev–Trinajstić information content (AvgIpc) is 3.26. The molecule has 0 amide bonds. The molecule has 0 radical (unpaired) electrons. The number of benzene rings is 1. The van der Waals surface area contributed by atoms with E-state index in [2.05, 4.69) is 83.2 Å². The lowest BCUT2D eigenvalue weighted by Crippen LogP contribution is -2.02. The van der Waals surface area contributed by atoms with Crippen molar-refractivity contribution < 1.29 is 4.74 Å². The standard InChI is InChI=1S/C26H38O/c1-21(12-10-14-23(3)18-20-25-26(4,5)27-25)11-9-13-22(2)17-19-24-15-7-6-8-16-24/h6-8,11,14-17,25H,9-10,12-13,18-20H2,1-5H3/b21-11+,22-17+,23-14+. The van der Waals surface area contributed by atoms with Gasteiger partial charge in [0.1, 0.15) is 0 Å². The highest BCUT2D eigenvalue weighted by Gasteiger charge is 2.46. The second-order valence-electron chi connectivity index (χ2n) is 8.67. The molecule has 1 atom stereocenters. The van der Waals surface area contributed by atoms with Gasteiger partial charge in [-0.25, -0.2) is 0 Å². The van der Waals surface area contributed by atoms with E-state index in [4.69, 9.17) is 4.74 Å². The van der Waals surface area contributed by atoms with Gasteiger partial charge in [-0.2, -0.15) is 0 Å². The minimum absolute atomic E-state index is 0.132. The Hall–Kier alpha value is -1.60. The summed E-state index contributed by atoms with van der Waals surface area (Å²) in [5.74, 6) is 0. The van der Waals surface area contributed by atoms with E-state index in [-0.39, 0.29) is 5.60 Å². The first-order chi connectivity index (χ1) is 12.9. The molecule has 0 spiro atoms. The lowest BCUT2D eigenvalue weighted by atomic mass is 10.0. The maximum atomic E-state index is 5.66. The first-order valence-electron chi connectivity index (χ1n) is 10.6. The van der Waals surface area contributed by atoms with Gasteiger partial charge in [0.15, 0.2) is 0 Å². The van der Waals surface area contributed by atoms with Gasteiger partial charge in [0.05, 0.1) is 11.7 Å². The lowest BCUT2D eigenvalue weighted by molar-refractivity contribution is 0.320. The fourth-order valence-electron chi connectivity index (χ4n) is 3.40. The minimum atomic E-state index is 0.132. The summed E-state index contributed by atoms with van der Waals surface area (Å²) < 4.78 is 5.66. The van der Waals surface area contributed by atoms with Gasteiger partial charge < -0.3 is 4.74 Å². The average molecular weight is 367 g/mol. The Balaban J connectivity index is 1.60. The molecule has 1 heteroatoms. The predicted molar refractivity (Wildman–Crippen MR) is 118 cm³/mol. The summed E-state index contributed by atoms with van der Waals surface area (Å²) in [5.41, 5.74) is 6.04. The van der Waals surface area contributed by atoms with Gasteiger partial charge in [-0.15, -0.1) is 0 Å². The fraction of sp³-hybridized carbons (Fsp3) is 0.538. The molecule has 0 bridgehead atoms. The Kier molecular flexibility index (Phi) is 8.57. The molecule has 1 aliphatic rings. The molecule has 1 saturated heterocycles. The van der Waals surface area contributed by atoms with E-state index < -0.39 is 0 Å². The number of rotatable bonds is 11. The van der Waals surface area contributed by atoms with Crippen molar-refractivity contribution in [2.75, 3.05) is 0 Å². The first-order valence-corrected chi connectivity index (χ1v) is 10.6. The van der Waals surface area contributed by atoms with Gasteiger partial charge in [-0.05, 0) is 85.1 Å². The highest BCUT2D eigenvalue weighted by Crippen LogP contribution is 2.38. The van der Waals surface area contributed by atoms with Gasteiger partial charge in [-0.3, -0.25) is 0 Å². The van der Waals surface area contributed by atoms with E-state index in [1.54, 1.807) is 0 Å². The van der Waals surface area contributed by atoms with Crippen LogP contribution in [-0.2, 0) is 11.2 Å². The van der Waals surface area contributed by atoms with E-state index in [0.717, 1.165) is 25.7 Å². The van der Waals surface area contributed by atoms with E-state index in [0.29, 0.717) is 6.10 Å². The maximum Gasteiger partial charge on any atom is 0.0892 e. The lowest BCUT2D eigenvalue weighted by Gasteiger charge is -2.03. The molecule has 148 valence electrons. The van der Waals surface area contributed by atoms with Crippen LogP contribution in [0, 0.1) is 0 Å². The van der Waals surface area contributed by atoms with Crippen LogP contribution in [-0.4, -0.2) is 11.7 Å². The first kappa shape index (κ1) is 21.7. The summed E-state index contributed by atoms with van der Waals surface area (Å²) in [6, 6.07) is 10.7. The van der Waals surface area contributed by atoms with Crippen LogP contribution >= 0.6 is 0 Å². The Morgan fingerprint density at radius 1 is 0.852 bits per heavy atom. The normalized spacial score (nSPS) is 20.0. The number of hydrogen-bond acceptors (Lipinski definition) is 1. The molecule has 1 aromatic carbocycles. The second-order valence-corrected chi connectivity index (χ2v) is 8.67. The molecular formula is C26H38O. The third-order valence-electron chi connectivity index (χ3n) is 5.56. The molecule has 27 heavy (non-hydrogen) atoms. The highest BCUT2D eigenvalue weighted by atomic mass is 16.6. The van der Waals surface area contributed by atoms with Gasteiger partial charge in [-0.1, -0.05) is 65.3 Å². The molecule has 1 aliphatic heterocycles. The second kappa shape index (κ2) is 10.7.